The first-order valence-corrected chi connectivity index (χ1v) is 9.16. The molecule has 0 saturated carbocycles. The highest BCUT2D eigenvalue weighted by Crippen LogP contribution is 2.21. The first-order valence-electron chi connectivity index (χ1n) is 7.72. The van der Waals surface area contributed by atoms with E-state index in [1.807, 2.05) is 43.3 Å². The Balaban J connectivity index is 1.85. The van der Waals surface area contributed by atoms with Crippen LogP contribution in [0.2, 0.25) is 0 Å². The molecule has 1 heterocycles. The molecule has 7 nitrogen and oxygen atoms in total. The molecule has 3 aromatic rings. The van der Waals surface area contributed by atoms with Crippen LogP contribution in [0.5, 0.6) is 0 Å². The van der Waals surface area contributed by atoms with Crippen LogP contribution in [0.1, 0.15) is 5.56 Å². The van der Waals surface area contributed by atoms with Crippen molar-refractivity contribution in [2.75, 3.05) is 26.0 Å². The molecule has 2 aromatic carbocycles. The molecule has 0 radical (unpaired) electrons. The molecule has 0 atom stereocenters. The number of H-pyrrole nitrogens is 2. The first kappa shape index (κ1) is 17.2. The number of hydrogen-bond acceptors (Lipinski definition) is 4. The third-order valence-electron chi connectivity index (χ3n) is 4.05. The molecule has 0 aliphatic carbocycles. The zero-order valence-corrected chi connectivity index (χ0v) is 15.1. The minimum atomic E-state index is -3.66. The fourth-order valence-electron chi connectivity index (χ4n) is 2.59. The Kier molecular flexibility index (Phi) is 4.40. The van der Waals surface area contributed by atoms with E-state index in [9.17, 15) is 13.2 Å². The van der Waals surface area contributed by atoms with Gasteiger partial charge in [0.1, 0.15) is 0 Å². The van der Waals surface area contributed by atoms with Crippen molar-refractivity contribution in [2.24, 2.45) is 0 Å². The molecule has 132 valence electrons. The summed E-state index contributed by atoms with van der Waals surface area (Å²) in [7, 11) is 1.78. The second-order valence-corrected chi connectivity index (χ2v) is 8.15. The van der Waals surface area contributed by atoms with Crippen LogP contribution < -0.4 is 10.6 Å². The van der Waals surface area contributed by atoms with Crippen molar-refractivity contribution >= 4 is 26.7 Å². The van der Waals surface area contributed by atoms with E-state index in [1.54, 1.807) is 13.1 Å². The summed E-state index contributed by atoms with van der Waals surface area (Å²) in [6.45, 7) is 0.262. The van der Waals surface area contributed by atoms with Crippen molar-refractivity contribution in [2.45, 2.75) is 11.4 Å². The quantitative estimate of drug-likeness (QED) is 0.725. The van der Waals surface area contributed by atoms with Gasteiger partial charge in [0.2, 0.25) is 10.0 Å². The lowest BCUT2D eigenvalue weighted by Gasteiger charge is -2.18. The Morgan fingerprint density at radius 3 is 2.20 bits per heavy atom. The van der Waals surface area contributed by atoms with Gasteiger partial charge < -0.3 is 14.9 Å². The van der Waals surface area contributed by atoms with Gasteiger partial charge in [-0.3, -0.25) is 0 Å². The van der Waals surface area contributed by atoms with Gasteiger partial charge in [-0.2, -0.15) is 4.31 Å². The Labute approximate surface area is 146 Å². The SMILES string of the molecule is CN(C)c1ccc(CN(C)S(=O)(=O)c2ccc3[nH]c(=O)[nH]c3c2)cc1. The number of fused-ring (bicyclic) bond motifs is 1. The van der Waals surface area contributed by atoms with Crippen molar-refractivity contribution in [3.8, 4) is 0 Å². The van der Waals surface area contributed by atoms with Crippen LogP contribution in [-0.2, 0) is 16.6 Å². The number of anilines is 1. The molecular weight excluding hydrogens is 340 g/mol. The minimum absolute atomic E-state index is 0.141. The molecule has 0 aliphatic heterocycles. The average molecular weight is 360 g/mol. The number of nitrogens with zero attached hydrogens (tertiary/aromatic N) is 2. The smallest absolute Gasteiger partial charge is 0.323 e. The van der Waals surface area contributed by atoms with Gasteiger partial charge >= 0.3 is 5.69 Å². The Morgan fingerprint density at radius 1 is 0.920 bits per heavy atom. The number of aromatic nitrogens is 2. The minimum Gasteiger partial charge on any atom is -0.378 e. The van der Waals surface area contributed by atoms with Gasteiger partial charge in [-0.15, -0.1) is 0 Å². The van der Waals surface area contributed by atoms with Crippen LogP contribution in [-0.4, -0.2) is 43.8 Å². The van der Waals surface area contributed by atoms with E-state index in [-0.39, 0.29) is 17.1 Å². The number of aromatic amines is 2. The second-order valence-electron chi connectivity index (χ2n) is 6.11. The van der Waals surface area contributed by atoms with Gasteiger partial charge in [-0.05, 0) is 35.9 Å². The number of sulfonamides is 1. The number of hydrogen-bond donors (Lipinski definition) is 2. The average Bonchev–Trinajstić information content (AvgIpc) is 2.94. The summed E-state index contributed by atoms with van der Waals surface area (Å²) in [6, 6.07) is 12.3. The Hall–Kier alpha value is -2.58. The van der Waals surface area contributed by atoms with Gasteiger partial charge in [-0.1, -0.05) is 12.1 Å². The van der Waals surface area contributed by atoms with Crippen LogP contribution >= 0.6 is 0 Å². The van der Waals surface area contributed by atoms with Gasteiger partial charge in [0.25, 0.3) is 0 Å². The molecular formula is C17H20N4O3S. The van der Waals surface area contributed by atoms with Gasteiger partial charge in [0.15, 0.2) is 0 Å². The Bertz CT molecular complexity index is 1050. The van der Waals surface area contributed by atoms with Crippen molar-refractivity contribution in [3.05, 3.63) is 58.5 Å². The van der Waals surface area contributed by atoms with Crippen LogP contribution in [0.25, 0.3) is 11.0 Å². The predicted octanol–water partition coefficient (Wildman–Crippen LogP) is 1.74. The summed E-state index contributed by atoms with van der Waals surface area (Å²) < 4.78 is 26.9. The molecule has 2 N–H and O–H groups in total. The van der Waals surface area contributed by atoms with Crippen molar-refractivity contribution in [1.29, 1.82) is 0 Å². The number of nitrogens with one attached hydrogen (secondary N) is 2. The van der Waals surface area contributed by atoms with Crippen LogP contribution in [0, 0.1) is 0 Å². The lowest BCUT2D eigenvalue weighted by atomic mass is 10.2. The van der Waals surface area contributed by atoms with E-state index in [2.05, 4.69) is 9.97 Å². The molecule has 0 amide bonds. The molecule has 8 heteroatoms. The van der Waals surface area contributed by atoms with E-state index < -0.39 is 10.0 Å². The van der Waals surface area contributed by atoms with Crippen LogP contribution in [0.3, 0.4) is 0 Å². The number of rotatable bonds is 5. The summed E-state index contributed by atoms with van der Waals surface area (Å²) in [6.07, 6.45) is 0. The monoisotopic (exact) mass is 360 g/mol. The second kappa shape index (κ2) is 6.38. The summed E-state index contributed by atoms with van der Waals surface area (Å²) in [5, 5.41) is 0. The lowest BCUT2D eigenvalue weighted by Crippen LogP contribution is -2.26. The fourth-order valence-corrected chi connectivity index (χ4v) is 3.78. The van der Waals surface area contributed by atoms with E-state index in [0.29, 0.717) is 11.0 Å². The molecule has 25 heavy (non-hydrogen) atoms. The lowest BCUT2D eigenvalue weighted by molar-refractivity contribution is 0.467. The molecule has 0 aliphatic rings. The molecule has 0 saturated heterocycles. The highest BCUT2D eigenvalue weighted by molar-refractivity contribution is 7.89. The van der Waals surface area contributed by atoms with E-state index in [4.69, 9.17) is 0 Å². The first-order chi connectivity index (χ1) is 11.8. The van der Waals surface area contributed by atoms with Crippen LogP contribution in [0.15, 0.2) is 52.2 Å². The Morgan fingerprint density at radius 2 is 1.56 bits per heavy atom. The standard InChI is InChI=1S/C17H20N4O3S/c1-20(2)13-6-4-12(5-7-13)11-21(3)25(23,24)14-8-9-15-16(10-14)19-17(22)18-15/h4-10H,11H2,1-3H3,(H2,18,19,22). The third kappa shape index (κ3) is 3.45. The van der Waals surface area contributed by atoms with Crippen LogP contribution in [0.4, 0.5) is 5.69 Å². The summed E-state index contributed by atoms with van der Waals surface area (Å²) >= 11 is 0. The highest BCUT2D eigenvalue weighted by atomic mass is 32.2. The number of imidazole rings is 1. The van der Waals surface area contributed by atoms with E-state index in [1.165, 1.54) is 16.4 Å². The molecule has 0 fully saturated rings. The summed E-state index contributed by atoms with van der Waals surface area (Å²) in [4.78, 5) is 18.6. The maximum absolute atomic E-state index is 12.8. The molecule has 0 bridgehead atoms. The maximum atomic E-state index is 12.8. The van der Waals surface area contributed by atoms with Crippen molar-refractivity contribution < 1.29 is 8.42 Å². The van der Waals surface area contributed by atoms with Gasteiger partial charge in [0, 0.05) is 33.4 Å². The maximum Gasteiger partial charge on any atom is 0.323 e. The van der Waals surface area contributed by atoms with E-state index >= 15 is 0 Å². The third-order valence-corrected chi connectivity index (χ3v) is 5.85. The summed E-state index contributed by atoms with van der Waals surface area (Å²) in [5.41, 5.74) is 2.63. The topological polar surface area (TPSA) is 89.3 Å². The summed E-state index contributed by atoms with van der Waals surface area (Å²) in [5.74, 6) is 0. The zero-order valence-electron chi connectivity index (χ0n) is 14.3. The van der Waals surface area contributed by atoms with Gasteiger partial charge in [0.05, 0.1) is 15.9 Å². The predicted molar refractivity (Wildman–Crippen MR) is 98.3 cm³/mol. The molecule has 0 unspecified atom stereocenters. The zero-order chi connectivity index (χ0) is 18.2. The normalized spacial score (nSPS) is 12.0. The largest absolute Gasteiger partial charge is 0.378 e. The molecule has 3 rings (SSSR count). The molecule has 1 aromatic heterocycles. The van der Waals surface area contributed by atoms with Crippen molar-refractivity contribution in [3.63, 3.8) is 0 Å². The van der Waals surface area contributed by atoms with E-state index in [0.717, 1.165) is 11.3 Å². The highest BCUT2D eigenvalue weighted by Gasteiger charge is 2.21. The molecule has 0 spiro atoms. The van der Waals surface area contributed by atoms with Gasteiger partial charge in [-0.25, -0.2) is 13.2 Å². The fraction of sp³-hybridized carbons (Fsp3) is 0.235. The van der Waals surface area contributed by atoms with Crippen molar-refractivity contribution in [1.82, 2.24) is 14.3 Å². The number of benzene rings is 2.